The van der Waals surface area contributed by atoms with E-state index in [1.165, 1.54) is 6.20 Å². The molecule has 0 bridgehead atoms. The normalized spacial score (nSPS) is 9.14. The molecule has 0 saturated carbocycles. The van der Waals surface area contributed by atoms with Crippen molar-refractivity contribution in [3.05, 3.63) is 17.6 Å². The van der Waals surface area contributed by atoms with Crippen LogP contribution in [0.4, 0.5) is 0 Å². The first kappa shape index (κ1) is 9.99. The Kier molecular flexibility index (Phi) is 3.02. The van der Waals surface area contributed by atoms with Gasteiger partial charge < -0.3 is 9.84 Å². The van der Waals surface area contributed by atoms with E-state index >= 15 is 0 Å². The van der Waals surface area contributed by atoms with Crippen LogP contribution in [0.3, 0.4) is 0 Å². The molecule has 72 valence electrons. The van der Waals surface area contributed by atoms with Gasteiger partial charge in [-0.05, 0) is 6.92 Å². The Hall–Kier alpha value is -2.09. The van der Waals surface area contributed by atoms with Crippen molar-refractivity contribution >= 4 is 5.97 Å². The summed E-state index contributed by atoms with van der Waals surface area (Å²) in [5, 5.41) is 8.74. The number of carboxylic acids is 1. The Labute approximate surface area is 80.8 Å². The lowest BCUT2D eigenvalue weighted by molar-refractivity contribution is 0.0691. The number of ether oxygens (including phenoxy) is 1. The lowest BCUT2D eigenvalue weighted by Gasteiger charge is -2.04. The molecule has 5 heteroatoms. The van der Waals surface area contributed by atoms with E-state index in [0.29, 0.717) is 5.82 Å². The molecule has 0 radical (unpaired) electrons. The number of terminal acetylenes is 1. The molecule has 1 rings (SSSR count). The zero-order chi connectivity index (χ0) is 10.6. The largest absolute Gasteiger partial charge is 0.477 e. The molecule has 1 heterocycles. The van der Waals surface area contributed by atoms with Gasteiger partial charge in [0.05, 0.1) is 0 Å². The van der Waals surface area contributed by atoms with Crippen LogP contribution in [0.1, 0.15) is 16.2 Å². The summed E-state index contributed by atoms with van der Waals surface area (Å²) in [5.41, 5.74) is -0.0918. The third kappa shape index (κ3) is 2.20. The molecule has 0 unspecified atom stereocenters. The van der Waals surface area contributed by atoms with E-state index in [1.54, 1.807) is 6.92 Å². The van der Waals surface area contributed by atoms with E-state index in [1.807, 2.05) is 0 Å². The highest BCUT2D eigenvalue weighted by molar-refractivity contribution is 5.89. The van der Waals surface area contributed by atoms with Crippen molar-refractivity contribution in [3.63, 3.8) is 0 Å². The van der Waals surface area contributed by atoms with Crippen LogP contribution < -0.4 is 4.74 Å². The van der Waals surface area contributed by atoms with Crippen LogP contribution in [0.2, 0.25) is 0 Å². The lowest BCUT2D eigenvalue weighted by Crippen LogP contribution is -2.07. The maximum atomic E-state index is 10.7. The molecule has 0 atom stereocenters. The summed E-state index contributed by atoms with van der Waals surface area (Å²) in [6.07, 6.45) is 6.17. The van der Waals surface area contributed by atoms with Gasteiger partial charge in [0, 0.05) is 6.20 Å². The summed E-state index contributed by atoms with van der Waals surface area (Å²) < 4.78 is 4.96. The molecule has 0 aliphatic heterocycles. The molecule has 5 nitrogen and oxygen atoms in total. The summed E-state index contributed by atoms with van der Waals surface area (Å²) in [6.45, 7) is 1.62. The zero-order valence-electron chi connectivity index (χ0n) is 7.52. The second-order valence-corrected chi connectivity index (χ2v) is 2.43. The van der Waals surface area contributed by atoms with Crippen LogP contribution in [0.25, 0.3) is 0 Å². The highest BCUT2D eigenvalue weighted by atomic mass is 16.5. The molecule has 14 heavy (non-hydrogen) atoms. The zero-order valence-corrected chi connectivity index (χ0v) is 7.52. The molecule has 0 aliphatic rings. The van der Waals surface area contributed by atoms with Crippen LogP contribution >= 0.6 is 0 Å². The first-order valence-corrected chi connectivity index (χ1v) is 3.78. The minimum absolute atomic E-state index is 0.00273. The number of aromatic carboxylic acids is 1. The smallest absolute Gasteiger partial charge is 0.342 e. The Bertz CT molecular complexity index is 396. The Balaban J connectivity index is 3.04. The molecular weight excluding hydrogens is 184 g/mol. The quantitative estimate of drug-likeness (QED) is 0.706. The van der Waals surface area contributed by atoms with Crippen molar-refractivity contribution in [2.24, 2.45) is 0 Å². The van der Waals surface area contributed by atoms with E-state index in [-0.39, 0.29) is 18.1 Å². The third-order valence-corrected chi connectivity index (χ3v) is 1.40. The molecule has 0 spiro atoms. The Morgan fingerprint density at radius 3 is 3.07 bits per heavy atom. The number of carbonyl (C=O) groups is 1. The Morgan fingerprint density at radius 1 is 1.79 bits per heavy atom. The van der Waals surface area contributed by atoms with Crippen molar-refractivity contribution in [1.29, 1.82) is 0 Å². The van der Waals surface area contributed by atoms with Gasteiger partial charge in [0.2, 0.25) is 5.88 Å². The van der Waals surface area contributed by atoms with E-state index in [0.717, 1.165) is 0 Å². The van der Waals surface area contributed by atoms with Crippen molar-refractivity contribution in [3.8, 4) is 18.2 Å². The summed E-state index contributed by atoms with van der Waals surface area (Å²) in [4.78, 5) is 18.3. The van der Waals surface area contributed by atoms with E-state index in [9.17, 15) is 4.79 Å². The van der Waals surface area contributed by atoms with Crippen LogP contribution in [0.5, 0.6) is 5.88 Å². The predicted molar refractivity (Wildman–Crippen MR) is 48.1 cm³/mol. The molecule has 0 amide bonds. The average molecular weight is 192 g/mol. The van der Waals surface area contributed by atoms with Crippen LogP contribution in [0.15, 0.2) is 6.20 Å². The highest BCUT2D eigenvalue weighted by Crippen LogP contribution is 2.13. The van der Waals surface area contributed by atoms with Crippen LogP contribution in [0, 0.1) is 19.3 Å². The molecule has 0 aliphatic carbocycles. The van der Waals surface area contributed by atoms with Gasteiger partial charge in [-0.3, -0.25) is 0 Å². The maximum absolute atomic E-state index is 10.7. The lowest BCUT2D eigenvalue weighted by atomic mass is 10.3. The molecule has 0 fully saturated rings. The van der Waals surface area contributed by atoms with Gasteiger partial charge in [-0.15, -0.1) is 6.42 Å². The number of aryl methyl sites for hydroxylation is 1. The summed E-state index contributed by atoms with van der Waals surface area (Å²) in [7, 11) is 0. The number of carboxylic acid groups (broad SMARTS) is 1. The SMILES string of the molecule is C#CCOc1nc(C)ncc1C(=O)O. The molecule has 1 N–H and O–H groups in total. The molecule has 0 aromatic carbocycles. The number of aromatic nitrogens is 2. The summed E-state index contributed by atoms with van der Waals surface area (Å²) in [5.74, 6) is 1.52. The molecule has 1 aromatic heterocycles. The molecule has 1 aromatic rings. The van der Waals surface area contributed by atoms with Crippen molar-refractivity contribution < 1.29 is 14.6 Å². The molecule has 0 saturated heterocycles. The molecular formula is C9H8N2O3. The monoisotopic (exact) mass is 192 g/mol. The van der Waals surface area contributed by atoms with Crippen LogP contribution in [-0.2, 0) is 0 Å². The fourth-order valence-corrected chi connectivity index (χ4v) is 0.816. The van der Waals surface area contributed by atoms with Gasteiger partial charge in [-0.25, -0.2) is 9.78 Å². The number of hydrogen-bond acceptors (Lipinski definition) is 4. The minimum atomic E-state index is -1.14. The van der Waals surface area contributed by atoms with Gasteiger partial charge in [-0.1, -0.05) is 5.92 Å². The third-order valence-electron chi connectivity index (χ3n) is 1.40. The van der Waals surface area contributed by atoms with Crippen molar-refractivity contribution in [1.82, 2.24) is 9.97 Å². The summed E-state index contributed by atoms with van der Waals surface area (Å²) >= 11 is 0. The van der Waals surface area contributed by atoms with Crippen molar-refractivity contribution in [2.45, 2.75) is 6.92 Å². The first-order valence-electron chi connectivity index (χ1n) is 3.78. The second kappa shape index (κ2) is 4.23. The van der Waals surface area contributed by atoms with E-state index < -0.39 is 5.97 Å². The van der Waals surface area contributed by atoms with Crippen LogP contribution in [-0.4, -0.2) is 27.7 Å². The number of nitrogens with zero attached hydrogens (tertiary/aromatic N) is 2. The average Bonchev–Trinajstić information content (AvgIpc) is 2.14. The predicted octanol–water partition coefficient (Wildman–Crippen LogP) is 0.495. The van der Waals surface area contributed by atoms with Gasteiger partial charge in [0.15, 0.2) is 6.61 Å². The second-order valence-electron chi connectivity index (χ2n) is 2.43. The van der Waals surface area contributed by atoms with Gasteiger partial charge in [0.25, 0.3) is 0 Å². The fourth-order valence-electron chi connectivity index (χ4n) is 0.816. The van der Waals surface area contributed by atoms with Gasteiger partial charge >= 0.3 is 5.97 Å². The highest BCUT2D eigenvalue weighted by Gasteiger charge is 2.13. The number of rotatable bonds is 3. The fraction of sp³-hybridized carbons (Fsp3) is 0.222. The van der Waals surface area contributed by atoms with Gasteiger partial charge in [0.1, 0.15) is 11.4 Å². The summed E-state index contributed by atoms with van der Waals surface area (Å²) in [6, 6.07) is 0. The topological polar surface area (TPSA) is 72.3 Å². The van der Waals surface area contributed by atoms with E-state index in [4.69, 9.17) is 16.3 Å². The minimum Gasteiger partial charge on any atom is -0.477 e. The van der Waals surface area contributed by atoms with Gasteiger partial charge in [-0.2, -0.15) is 4.98 Å². The Morgan fingerprint density at radius 2 is 2.50 bits per heavy atom. The standard InChI is InChI=1S/C9H8N2O3/c1-3-4-14-8-7(9(12)13)5-10-6(2)11-8/h1,5H,4H2,2H3,(H,12,13). The maximum Gasteiger partial charge on any atom is 0.342 e. The number of hydrogen-bond donors (Lipinski definition) is 1. The first-order chi connectivity index (χ1) is 6.65. The van der Waals surface area contributed by atoms with E-state index in [2.05, 4.69) is 15.9 Å². The van der Waals surface area contributed by atoms with Crippen molar-refractivity contribution in [2.75, 3.05) is 6.61 Å².